The Balaban J connectivity index is 1.95. The maximum Gasteiger partial charge on any atom is 0.408 e. The second-order valence-electron chi connectivity index (χ2n) is 4.00. The average Bonchev–Trinajstić information content (AvgIpc) is 2.80. The SMILES string of the molecule is O=C(O)c1cccc(OCCn2cc(Cl)c([N+](=O)[O-])n2)c1. The van der Waals surface area contributed by atoms with Crippen LogP contribution in [0.1, 0.15) is 10.4 Å². The molecule has 1 aromatic carbocycles. The Labute approximate surface area is 123 Å². The molecule has 0 unspecified atom stereocenters. The standard InChI is InChI=1S/C12H10ClN3O5/c13-10-7-15(14-11(10)16(19)20)4-5-21-9-3-1-2-8(6-9)12(17)18/h1-3,6-7H,4-5H2,(H,17,18). The van der Waals surface area contributed by atoms with Gasteiger partial charge in [0.05, 0.1) is 23.4 Å². The first kappa shape index (κ1) is 14.8. The third-order valence-electron chi connectivity index (χ3n) is 2.54. The van der Waals surface area contributed by atoms with E-state index in [1.54, 1.807) is 12.1 Å². The van der Waals surface area contributed by atoms with E-state index in [0.717, 1.165) is 0 Å². The molecule has 0 radical (unpaired) electrons. The second-order valence-corrected chi connectivity index (χ2v) is 4.41. The number of aromatic nitrogens is 2. The van der Waals surface area contributed by atoms with Crippen LogP contribution in [-0.4, -0.2) is 32.4 Å². The number of carbonyl (C=O) groups is 1. The van der Waals surface area contributed by atoms with Crippen LogP contribution in [0.15, 0.2) is 30.5 Å². The van der Waals surface area contributed by atoms with Gasteiger partial charge in [-0.15, -0.1) is 0 Å². The quantitative estimate of drug-likeness (QED) is 0.647. The molecule has 0 atom stereocenters. The minimum Gasteiger partial charge on any atom is -0.492 e. The Hall–Kier alpha value is -2.61. The van der Waals surface area contributed by atoms with Gasteiger partial charge in [0.1, 0.15) is 12.4 Å². The third-order valence-corrected chi connectivity index (χ3v) is 2.81. The van der Waals surface area contributed by atoms with Crippen LogP contribution in [0.2, 0.25) is 5.02 Å². The molecule has 1 heterocycles. The summed E-state index contributed by atoms with van der Waals surface area (Å²) in [6.45, 7) is 0.406. The van der Waals surface area contributed by atoms with Crippen LogP contribution >= 0.6 is 11.6 Å². The van der Waals surface area contributed by atoms with Crippen molar-refractivity contribution in [2.24, 2.45) is 0 Å². The van der Waals surface area contributed by atoms with Crippen LogP contribution in [0.5, 0.6) is 5.75 Å². The average molecular weight is 312 g/mol. The van der Waals surface area contributed by atoms with Crippen LogP contribution in [0, 0.1) is 10.1 Å². The molecule has 110 valence electrons. The molecule has 1 aromatic heterocycles. The van der Waals surface area contributed by atoms with Crippen LogP contribution in [0.25, 0.3) is 0 Å². The van der Waals surface area contributed by atoms with Gasteiger partial charge in [0.15, 0.2) is 5.02 Å². The second kappa shape index (κ2) is 6.23. The number of rotatable bonds is 6. The number of nitro groups is 1. The van der Waals surface area contributed by atoms with E-state index in [2.05, 4.69) is 5.10 Å². The lowest BCUT2D eigenvalue weighted by atomic mass is 10.2. The molecule has 9 heteroatoms. The molecule has 8 nitrogen and oxygen atoms in total. The van der Waals surface area contributed by atoms with Crippen molar-refractivity contribution in [1.29, 1.82) is 0 Å². The Morgan fingerprint density at radius 3 is 2.90 bits per heavy atom. The predicted octanol–water partition coefficient (Wildman–Crippen LogP) is 2.22. The molecular formula is C12H10ClN3O5. The van der Waals surface area contributed by atoms with Gasteiger partial charge < -0.3 is 20.0 Å². The van der Waals surface area contributed by atoms with Crippen molar-refractivity contribution in [3.63, 3.8) is 0 Å². The summed E-state index contributed by atoms with van der Waals surface area (Å²) >= 11 is 5.66. The Morgan fingerprint density at radius 2 is 2.29 bits per heavy atom. The predicted molar refractivity (Wildman–Crippen MR) is 72.8 cm³/mol. The molecule has 21 heavy (non-hydrogen) atoms. The molecule has 0 aliphatic rings. The Bertz CT molecular complexity index is 685. The highest BCUT2D eigenvalue weighted by Crippen LogP contribution is 2.21. The van der Waals surface area contributed by atoms with E-state index < -0.39 is 16.7 Å². The fourth-order valence-corrected chi connectivity index (χ4v) is 1.82. The smallest absolute Gasteiger partial charge is 0.408 e. The topological polar surface area (TPSA) is 107 Å². The minimum atomic E-state index is -1.05. The molecule has 0 spiro atoms. The van der Waals surface area contributed by atoms with Gasteiger partial charge in [0.2, 0.25) is 0 Å². The summed E-state index contributed by atoms with van der Waals surface area (Å²) < 4.78 is 6.67. The van der Waals surface area contributed by atoms with E-state index in [-0.39, 0.29) is 23.7 Å². The number of nitrogens with zero attached hydrogens (tertiary/aromatic N) is 3. The number of benzene rings is 1. The molecule has 0 amide bonds. The van der Waals surface area contributed by atoms with Crippen LogP contribution < -0.4 is 4.74 Å². The summed E-state index contributed by atoms with van der Waals surface area (Å²) in [5.41, 5.74) is 0.116. The zero-order valence-corrected chi connectivity index (χ0v) is 11.4. The van der Waals surface area contributed by atoms with Gasteiger partial charge >= 0.3 is 11.8 Å². The van der Waals surface area contributed by atoms with Gasteiger partial charge in [-0.1, -0.05) is 17.7 Å². The fourth-order valence-electron chi connectivity index (χ4n) is 1.60. The normalized spacial score (nSPS) is 10.3. The van der Waals surface area contributed by atoms with E-state index in [9.17, 15) is 14.9 Å². The molecular weight excluding hydrogens is 302 g/mol. The molecule has 2 rings (SSSR count). The highest BCUT2D eigenvalue weighted by atomic mass is 35.5. The van der Waals surface area contributed by atoms with Gasteiger partial charge in [0.25, 0.3) is 0 Å². The van der Waals surface area contributed by atoms with E-state index in [0.29, 0.717) is 5.75 Å². The largest absolute Gasteiger partial charge is 0.492 e. The van der Waals surface area contributed by atoms with Gasteiger partial charge in [-0.05, 0) is 23.1 Å². The molecule has 0 saturated heterocycles. The summed E-state index contributed by atoms with van der Waals surface area (Å²) in [5.74, 6) is -1.07. The number of carboxylic acid groups (broad SMARTS) is 1. The summed E-state index contributed by atoms with van der Waals surface area (Å²) in [6, 6.07) is 6.02. The molecule has 0 fully saturated rings. The molecule has 0 saturated carbocycles. The Morgan fingerprint density at radius 1 is 1.52 bits per heavy atom. The lowest BCUT2D eigenvalue weighted by Gasteiger charge is -2.05. The Kier molecular flexibility index (Phi) is 4.39. The van der Waals surface area contributed by atoms with Crippen molar-refractivity contribution >= 4 is 23.4 Å². The van der Waals surface area contributed by atoms with Gasteiger partial charge in [-0.25, -0.2) is 4.79 Å². The van der Waals surface area contributed by atoms with Crippen molar-refractivity contribution in [2.45, 2.75) is 6.54 Å². The minimum absolute atomic E-state index is 0.0483. The maximum absolute atomic E-state index is 10.8. The highest BCUT2D eigenvalue weighted by Gasteiger charge is 2.18. The number of halogens is 1. The summed E-state index contributed by atoms with van der Waals surface area (Å²) in [5, 5.41) is 23.1. The number of aromatic carboxylic acids is 1. The van der Waals surface area contributed by atoms with Crippen LogP contribution in [0.3, 0.4) is 0 Å². The van der Waals surface area contributed by atoms with Crippen LogP contribution in [0.4, 0.5) is 5.82 Å². The summed E-state index contributed by atoms with van der Waals surface area (Å²) in [4.78, 5) is 20.7. The lowest BCUT2D eigenvalue weighted by molar-refractivity contribution is -0.389. The first-order chi connectivity index (χ1) is 9.97. The zero-order chi connectivity index (χ0) is 15.4. The molecule has 0 bridgehead atoms. The maximum atomic E-state index is 10.8. The van der Waals surface area contributed by atoms with E-state index in [1.165, 1.54) is 23.0 Å². The first-order valence-corrected chi connectivity index (χ1v) is 6.18. The fraction of sp³-hybridized carbons (Fsp3) is 0.167. The molecule has 0 aliphatic carbocycles. The third kappa shape index (κ3) is 3.69. The molecule has 0 aliphatic heterocycles. The van der Waals surface area contributed by atoms with Gasteiger partial charge in [-0.2, -0.15) is 4.68 Å². The van der Waals surface area contributed by atoms with Crippen molar-refractivity contribution in [3.05, 3.63) is 51.2 Å². The van der Waals surface area contributed by atoms with E-state index >= 15 is 0 Å². The highest BCUT2D eigenvalue weighted by molar-refractivity contribution is 6.32. The van der Waals surface area contributed by atoms with Crippen molar-refractivity contribution < 1.29 is 19.6 Å². The number of hydrogen-bond donors (Lipinski definition) is 1. The van der Waals surface area contributed by atoms with Gasteiger partial charge in [-0.3, -0.25) is 0 Å². The zero-order valence-electron chi connectivity index (χ0n) is 10.6. The first-order valence-electron chi connectivity index (χ1n) is 5.81. The number of ether oxygens (including phenoxy) is 1. The monoisotopic (exact) mass is 311 g/mol. The van der Waals surface area contributed by atoms with E-state index in [1.807, 2.05) is 0 Å². The number of hydrogen-bond acceptors (Lipinski definition) is 5. The van der Waals surface area contributed by atoms with Crippen LogP contribution in [-0.2, 0) is 6.54 Å². The van der Waals surface area contributed by atoms with Crippen molar-refractivity contribution in [3.8, 4) is 5.75 Å². The van der Waals surface area contributed by atoms with E-state index in [4.69, 9.17) is 21.4 Å². The van der Waals surface area contributed by atoms with Crippen molar-refractivity contribution in [1.82, 2.24) is 9.78 Å². The summed E-state index contributed by atoms with van der Waals surface area (Å²) in [7, 11) is 0. The van der Waals surface area contributed by atoms with Crippen molar-refractivity contribution in [2.75, 3.05) is 6.61 Å². The lowest BCUT2D eigenvalue weighted by Crippen LogP contribution is -2.09. The molecule has 2 aromatic rings. The summed E-state index contributed by atoms with van der Waals surface area (Å²) in [6.07, 6.45) is 1.33. The molecule has 1 N–H and O–H groups in total. The number of carboxylic acids is 1. The van der Waals surface area contributed by atoms with Gasteiger partial charge in [0, 0.05) is 0 Å².